The zero-order chi connectivity index (χ0) is 22.9. The number of anilines is 1. The minimum Gasteiger partial charge on any atom is -0.394 e. The highest BCUT2D eigenvalue weighted by atomic mass is 35.5. The number of halogens is 2. The second kappa shape index (κ2) is 8.89. The number of imidazole rings is 1. The fourth-order valence-electron chi connectivity index (χ4n) is 3.41. The van der Waals surface area contributed by atoms with E-state index < -0.39 is 12.1 Å². The average molecular weight is 472 g/mol. The maximum absolute atomic E-state index is 13.3. The number of alkyl halides is 1. The summed E-state index contributed by atoms with van der Waals surface area (Å²) in [7, 11) is 0. The van der Waals surface area contributed by atoms with Gasteiger partial charge in [0.05, 0.1) is 42.6 Å². The third-order valence-corrected chi connectivity index (χ3v) is 5.59. The van der Waals surface area contributed by atoms with Gasteiger partial charge >= 0.3 is 0 Å². The molecule has 1 amide bonds. The molecule has 1 fully saturated rings. The molecule has 1 saturated carbocycles. The van der Waals surface area contributed by atoms with Crippen LogP contribution < -0.4 is 5.32 Å². The Morgan fingerprint density at radius 2 is 2.21 bits per heavy atom. The second-order valence-electron chi connectivity index (χ2n) is 7.65. The van der Waals surface area contributed by atoms with Crippen LogP contribution >= 0.6 is 11.6 Å². The highest BCUT2D eigenvalue weighted by Gasteiger charge is 2.42. The number of nitrogens with one attached hydrogen (secondary N) is 1. The molecule has 9 nitrogen and oxygen atoms in total. The minimum atomic E-state index is -0.926. The number of benzene rings is 1. The van der Waals surface area contributed by atoms with Gasteiger partial charge in [-0.1, -0.05) is 16.8 Å². The van der Waals surface area contributed by atoms with Gasteiger partial charge in [-0.25, -0.2) is 9.37 Å². The van der Waals surface area contributed by atoms with Crippen molar-refractivity contribution in [3.8, 4) is 11.5 Å². The van der Waals surface area contributed by atoms with Crippen molar-refractivity contribution >= 4 is 28.8 Å². The topological polar surface area (TPSA) is 115 Å². The molecule has 1 aliphatic rings. The van der Waals surface area contributed by atoms with Gasteiger partial charge < -0.3 is 19.7 Å². The van der Waals surface area contributed by atoms with Crippen molar-refractivity contribution in [3.63, 3.8) is 0 Å². The van der Waals surface area contributed by atoms with Crippen LogP contribution in [0.1, 0.15) is 34.2 Å². The number of hydrogen-bond acceptors (Lipinski definition) is 7. The van der Waals surface area contributed by atoms with Crippen LogP contribution in [0.2, 0.25) is 5.02 Å². The summed E-state index contributed by atoms with van der Waals surface area (Å²) in [6.45, 7) is 0.527. The molecule has 0 radical (unpaired) electrons. The first-order valence-electron chi connectivity index (χ1n) is 10.3. The van der Waals surface area contributed by atoms with Crippen molar-refractivity contribution in [2.45, 2.75) is 25.1 Å². The molecule has 0 saturated heterocycles. The van der Waals surface area contributed by atoms with E-state index in [1.807, 2.05) is 6.07 Å². The number of ether oxygens (including phenoxy) is 1. The molecule has 170 valence electrons. The van der Waals surface area contributed by atoms with E-state index in [1.165, 1.54) is 6.20 Å². The monoisotopic (exact) mass is 471 g/mol. The Morgan fingerprint density at radius 1 is 1.36 bits per heavy atom. The number of nitrogens with zero attached hydrogens (tertiary/aromatic N) is 4. The number of aliphatic hydroxyl groups excluding tert-OH is 1. The van der Waals surface area contributed by atoms with Crippen LogP contribution in [0.4, 0.5) is 10.1 Å². The predicted octanol–water partition coefficient (Wildman–Crippen LogP) is 3.62. The number of pyridine rings is 1. The van der Waals surface area contributed by atoms with Crippen molar-refractivity contribution in [1.82, 2.24) is 19.5 Å². The first-order chi connectivity index (χ1) is 16.0. The summed E-state index contributed by atoms with van der Waals surface area (Å²) >= 11 is 6.29. The maximum atomic E-state index is 13.3. The summed E-state index contributed by atoms with van der Waals surface area (Å²) < 4.78 is 25.5. The zero-order valence-electron chi connectivity index (χ0n) is 17.2. The lowest BCUT2D eigenvalue weighted by molar-refractivity contribution is 0.0815. The molecular weight excluding hydrogens is 453 g/mol. The summed E-state index contributed by atoms with van der Waals surface area (Å²) in [5.74, 6) is -0.159. The normalized spacial score (nSPS) is 17.4. The van der Waals surface area contributed by atoms with E-state index in [1.54, 1.807) is 34.9 Å². The first-order valence-corrected chi connectivity index (χ1v) is 10.6. The molecule has 1 aliphatic carbocycles. The third-order valence-electron chi connectivity index (χ3n) is 5.26. The van der Waals surface area contributed by atoms with Gasteiger partial charge in [0.15, 0.2) is 5.82 Å². The van der Waals surface area contributed by atoms with Crippen LogP contribution in [0.25, 0.3) is 17.1 Å². The fourth-order valence-corrected chi connectivity index (χ4v) is 3.57. The van der Waals surface area contributed by atoms with Gasteiger partial charge in [-0.3, -0.25) is 9.20 Å². The number of aromatic nitrogens is 4. The Hall–Kier alpha value is -3.34. The van der Waals surface area contributed by atoms with Crippen LogP contribution in [-0.2, 0) is 11.3 Å². The summed E-state index contributed by atoms with van der Waals surface area (Å²) in [5, 5.41) is 15.8. The Kier molecular flexibility index (Phi) is 5.79. The van der Waals surface area contributed by atoms with Crippen LogP contribution in [0, 0.1) is 0 Å². The lowest BCUT2D eigenvalue weighted by Gasteiger charge is -2.09. The van der Waals surface area contributed by atoms with Gasteiger partial charge in [0, 0.05) is 11.8 Å². The van der Waals surface area contributed by atoms with Crippen molar-refractivity contribution in [2.24, 2.45) is 0 Å². The summed E-state index contributed by atoms with van der Waals surface area (Å²) in [6.07, 6.45) is 2.67. The van der Waals surface area contributed by atoms with Crippen LogP contribution in [-0.4, -0.2) is 49.9 Å². The molecule has 0 bridgehead atoms. The number of aliphatic hydroxyl groups is 1. The third kappa shape index (κ3) is 4.45. The zero-order valence-corrected chi connectivity index (χ0v) is 18.0. The number of amides is 1. The molecule has 3 heterocycles. The highest BCUT2D eigenvalue weighted by Crippen LogP contribution is 2.42. The van der Waals surface area contributed by atoms with Gasteiger partial charge in [0.1, 0.15) is 17.5 Å². The van der Waals surface area contributed by atoms with Gasteiger partial charge in [0.25, 0.3) is 11.8 Å². The average Bonchev–Trinajstić information content (AvgIpc) is 3.19. The molecule has 0 aliphatic heterocycles. The Balaban J connectivity index is 1.34. The quantitative estimate of drug-likeness (QED) is 0.377. The molecule has 2 atom stereocenters. The Labute approximate surface area is 192 Å². The second-order valence-corrected chi connectivity index (χ2v) is 8.05. The van der Waals surface area contributed by atoms with Gasteiger partial charge in [0.2, 0.25) is 0 Å². The van der Waals surface area contributed by atoms with Crippen LogP contribution in [0.3, 0.4) is 0 Å². The summed E-state index contributed by atoms with van der Waals surface area (Å²) in [6, 6.07) is 8.53. The fraction of sp³-hybridized carbons (Fsp3) is 0.273. The van der Waals surface area contributed by atoms with Crippen molar-refractivity contribution in [1.29, 1.82) is 0 Å². The molecule has 5 rings (SSSR count). The number of carbonyl (C=O) groups is 1. The van der Waals surface area contributed by atoms with Crippen LogP contribution in [0.15, 0.2) is 47.2 Å². The van der Waals surface area contributed by atoms with Crippen molar-refractivity contribution in [2.75, 3.05) is 18.5 Å². The number of fused-ring (bicyclic) bond motifs is 1. The Morgan fingerprint density at radius 3 is 3.00 bits per heavy atom. The number of carbonyl (C=O) groups excluding carboxylic acids is 1. The number of rotatable bonds is 8. The molecular formula is C22H19ClFN5O4. The smallest absolute Gasteiger partial charge is 0.274 e. The van der Waals surface area contributed by atoms with Crippen LogP contribution in [0.5, 0.6) is 0 Å². The van der Waals surface area contributed by atoms with E-state index >= 15 is 0 Å². The first kappa shape index (κ1) is 21.5. The SMILES string of the molecule is O=C(Nc1cc(-c2nc([C@H]3C[C@@H]3F)no2)ccc1Cl)c1cnc2cc(COCCO)ccn12. The molecule has 11 heteroatoms. The van der Waals surface area contributed by atoms with Crippen molar-refractivity contribution in [3.05, 3.63) is 64.8 Å². The van der Waals surface area contributed by atoms with E-state index in [4.69, 9.17) is 26.0 Å². The molecule has 2 N–H and O–H groups in total. The van der Waals surface area contributed by atoms with Crippen molar-refractivity contribution < 1.29 is 23.6 Å². The van der Waals surface area contributed by atoms with E-state index in [9.17, 15) is 9.18 Å². The summed E-state index contributed by atoms with van der Waals surface area (Å²) in [5.41, 5.74) is 2.67. The van der Waals surface area contributed by atoms with Gasteiger partial charge in [-0.05, 0) is 42.3 Å². The minimum absolute atomic E-state index is 0.0496. The summed E-state index contributed by atoms with van der Waals surface area (Å²) in [4.78, 5) is 21.5. The Bertz CT molecular complexity index is 1320. The molecule has 33 heavy (non-hydrogen) atoms. The van der Waals surface area contributed by atoms with E-state index in [2.05, 4.69) is 20.4 Å². The predicted molar refractivity (Wildman–Crippen MR) is 117 cm³/mol. The standard InChI is InChI=1S/C22H19ClFN5O4/c23-15-2-1-13(22-27-20(28-33-22)14-9-16(14)24)8-17(15)26-21(31)18-10-25-19-7-12(3-4-29(18)19)11-32-6-5-30/h1-4,7-8,10,14,16,30H,5-6,9,11H2,(H,26,31)/t14-,16-/m0/s1. The van der Waals surface area contributed by atoms with E-state index in [0.717, 1.165) is 5.56 Å². The molecule has 3 aromatic heterocycles. The van der Waals surface area contributed by atoms with Gasteiger partial charge in [-0.15, -0.1) is 0 Å². The molecule has 4 aromatic rings. The molecule has 1 aromatic carbocycles. The lowest BCUT2D eigenvalue weighted by Crippen LogP contribution is -2.14. The molecule has 0 spiro atoms. The largest absolute Gasteiger partial charge is 0.394 e. The highest BCUT2D eigenvalue weighted by molar-refractivity contribution is 6.34. The van der Waals surface area contributed by atoms with E-state index in [-0.39, 0.29) is 25.0 Å². The van der Waals surface area contributed by atoms with Gasteiger partial charge in [-0.2, -0.15) is 4.98 Å². The molecule has 0 unspecified atom stereocenters. The van der Waals surface area contributed by atoms with E-state index in [0.29, 0.717) is 46.5 Å². The number of hydrogen-bond donors (Lipinski definition) is 2. The maximum Gasteiger partial charge on any atom is 0.274 e. The lowest BCUT2D eigenvalue weighted by atomic mass is 10.2.